The molecule has 3 heterocycles. The van der Waals surface area contributed by atoms with Crippen LogP contribution in [0.25, 0.3) is 0 Å². The number of hydrogen-bond acceptors (Lipinski definition) is 4. The Hall–Kier alpha value is -1.40. The summed E-state index contributed by atoms with van der Waals surface area (Å²) in [5, 5.41) is 4.36. The molecule has 1 aromatic heterocycles. The van der Waals surface area contributed by atoms with Crippen LogP contribution in [0, 0.1) is 5.92 Å². The average molecular weight is 320 g/mol. The lowest BCUT2D eigenvalue weighted by atomic mass is 9.88. The minimum atomic E-state index is -0.363. The van der Waals surface area contributed by atoms with Gasteiger partial charge in [-0.3, -0.25) is 9.48 Å². The number of carbonyl (C=O) groups excluding carboxylic acids is 1. The number of aryl methyl sites for hydroxylation is 1. The zero-order chi connectivity index (χ0) is 16.2. The maximum atomic E-state index is 12.6. The van der Waals surface area contributed by atoms with Gasteiger partial charge in [0.15, 0.2) is 0 Å². The molecule has 0 aromatic carbocycles. The molecule has 0 saturated carbocycles. The molecule has 0 aliphatic carbocycles. The van der Waals surface area contributed by atoms with Crippen molar-refractivity contribution < 1.29 is 9.53 Å². The van der Waals surface area contributed by atoms with Gasteiger partial charge in [0.2, 0.25) is 5.91 Å². The predicted molar refractivity (Wildman–Crippen MR) is 88.0 cm³/mol. The number of hydrogen-bond donors (Lipinski definition) is 1. The molecule has 1 aromatic rings. The standard InChI is InChI=1S/C17H28N4O2/c1-2-21-12-15(11-19-21)13-3-7-20(8-4-13)17(22)16(18)14-5-9-23-10-6-14/h11-14,16H,2-10,18H2,1H3. The molecule has 0 bridgehead atoms. The number of likely N-dealkylation sites (tertiary alicyclic amines) is 1. The number of carbonyl (C=O) groups is 1. The molecule has 2 aliphatic rings. The van der Waals surface area contributed by atoms with E-state index in [0.29, 0.717) is 5.92 Å². The topological polar surface area (TPSA) is 73.4 Å². The van der Waals surface area contributed by atoms with Crippen LogP contribution in [0.5, 0.6) is 0 Å². The molecule has 128 valence electrons. The van der Waals surface area contributed by atoms with Gasteiger partial charge < -0.3 is 15.4 Å². The third-order valence-electron chi connectivity index (χ3n) is 5.31. The molecule has 2 aliphatic heterocycles. The fourth-order valence-corrected chi connectivity index (χ4v) is 3.68. The molecular formula is C17H28N4O2. The monoisotopic (exact) mass is 320 g/mol. The number of nitrogens with two attached hydrogens (primary N) is 1. The Morgan fingerprint density at radius 1 is 1.35 bits per heavy atom. The van der Waals surface area contributed by atoms with Crippen molar-refractivity contribution >= 4 is 5.91 Å². The van der Waals surface area contributed by atoms with Gasteiger partial charge in [0, 0.05) is 39.0 Å². The minimum Gasteiger partial charge on any atom is -0.381 e. The van der Waals surface area contributed by atoms with Crippen LogP contribution in [0.4, 0.5) is 0 Å². The van der Waals surface area contributed by atoms with Gasteiger partial charge in [-0.2, -0.15) is 5.10 Å². The Bertz CT molecular complexity index is 516. The first-order valence-corrected chi connectivity index (χ1v) is 8.83. The van der Waals surface area contributed by atoms with Crippen molar-refractivity contribution in [2.75, 3.05) is 26.3 Å². The number of ether oxygens (including phenoxy) is 1. The van der Waals surface area contributed by atoms with Crippen molar-refractivity contribution in [3.05, 3.63) is 18.0 Å². The minimum absolute atomic E-state index is 0.125. The van der Waals surface area contributed by atoms with Gasteiger partial charge in [-0.25, -0.2) is 0 Å². The number of aromatic nitrogens is 2. The van der Waals surface area contributed by atoms with Crippen molar-refractivity contribution in [3.63, 3.8) is 0 Å². The van der Waals surface area contributed by atoms with Gasteiger partial charge in [-0.1, -0.05) is 0 Å². The molecule has 23 heavy (non-hydrogen) atoms. The first-order valence-electron chi connectivity index (χ1n) is 8.83. The van der Waals surface area contributed by atoms with Crippen LogP contribution >= 0.6 is 0 Å². The molecule has 0 radical (unpaired) electrons. The summed E-state index contributed by atoms with van der Waals surface area (Å²) in [5.74, 6) is 0.912. The predicted octanol–water partition coefficient (Wildman–Crippen LogP) is 1.36. The molecular weight excluding hydrogens is 292 g/mol. The van der Waals surface area contributed by atoms with Crippen LogP contribution in [0.1, 0.15) is 44.1 Å². The summed E-state index contributed by atoms with van der Waals surface area (Å²) < 4.78 is 7.33. The summed E-state index contributed by atoms with van der Waals surface area (Å²) in [6.07, 6.45) is 7.91. The van der Waals surface area contributed by atoms with E-state index >= 15 is 0 Å². The summed E-state index contributed by atoms with van der Waals surface area (Å²) in [6, 6.07) is -0.363. The lowest BCUT2D eigenvalue weighted by Crippen LogP contribution is -2.51. The smallest absolute Gasteiger partial charge is 0.239 e. The third-order valence-corrected chi connectivity index (χ3v) is 5.31. The van der Waals surface area contributed by atoms with Gasteiger partial charge in [0.1, 0.15) is 0 Å². The zero-order valence-electron chi connectivity index (χ0n) is 14.0. The molecule has 6 heteroatoms. The van der Waals surface area contributed by atoms with E-state index in [1.54, 1.807) is 0 Å². The second-order valence-electron chi connectivity index (χ2n) is 6.70. The number of amides is 1. The van der Waals surface area contributed by atoms with Crippen molar-refractivity contribution in [3.8, 4) is 0 Å². The fraction of sp³-hybridized carbons (Fsp3) is 0.765. The summed E-state index contributed by atoms with van der Waals surface area (Å²) >= 11 is 0. The number of rotatable bonds is 4. The molecule has 1 amide bonds. The third kappa shape index (κ3) is 3.75. The Morgan fingerprint density at radius 3 is 2.65 bits per heavy atom. The highest BCUT2D eigenvalue weighted by molar-refractivity contribution is 5.82. The molecule has 2 N–H and O–H groups in total. The zero-order valence-corrected chi connectivity index (χ0v) is 14.0. The van der Waals surface area contributed by atoms with Crippen molar-refractivity contribution in [1.29, 1.82) is 0 Å². The first kappa shape index (κ1) is 16.5. The van der Waals surface area contributed by atoms with E-state index in [1.165, 1.54) is 5.56 Å². The molecule has 2 saturated heterocycles. The van der Waals surface area contributed by atoms with Crippen LogP contribution in [-0.4, -0.2) is 52.9 Å². The average Bonchev–Trinajstić information content (AvgIpc) is 3.10. The second kappa shape index (κ2) is 7.45. The van der Waals surface area contributed by atoms with E-state index in [0.717, 1.165) is 58.5 Å². The first-order chi connectivity index (χ1) is 11.2. The van der Waals surface area contributed by atoms with Gasteiger partial charge in [0.05, 0.1) is 12.2 Å². The highest BCUT2D eigenvalue weighted by Gasteiger charge is 2.32. The van der Waals surface area contributed by atoms with Crippen LogP contribution in [0.15, 0.2) is 12.4 Å². The summed E-state index contributed by atoms with van der Waals surface area (Å²) in [7, 11) is 0. The van der Waals surface area contributed by atoms with E-state index in [9.17, 15) is 4.79 Å². The van der Waals surface area contributed by atoms with Crippen LogP contribution < -0.4 is 5.73 Å². The molecule has 0 spiro atoms. The Kier molecular flexibility index (Phi) is 5.33. The van der Waals surface area contributed by atoms with Gasteiger partial charge in [-0.15, -0.1) is 0 Å². The number of nitrogens with zero attached hydrogens (tertiary/aromatic N) is 3. The summed E-state index contributed by atoms with van der Waals surface area (Å²) in [4.78, 5) is 14.6. The van der Waals surface area contributed by atoms with Crippen LogP contribution in [-0.2, 0) is 16.1 Å². The van der Waals surface area contributed by atoms with E-state index in [2.05, 4.69) is 18.2 Å². The lowest BCUT2D eigenvalue weighted by molar-refractivity contribution is -0.135. The van der Waals surface area contributed by atoms with Crippen molar-refractivity contribution in [2.45, 2.75) is 51.1 Å². The normalized spacial score (nSPS) is 22.3. The van der Waals surface area contributed by atoms with Gasteiger partial charge >= 0.3 is 0 Å². The second-order valence-corrected chi connectivity index (χ2v) is 6.70. The van der Waals surface area contributed by atoms with Crippen molar-refractivity contribution in [1.82, 2.24) is 14.7 Å². The van der Waals surface area contributed by atoms with Crippen molar-refractivity contribution in [2.24, 2.45) is 11.7 Å². The quantitative estimate of drug-likeness (QED) is 0.909. The highest BCUT2D eigenvalue weighted by atomic mass is 16.5. The number of piperidine rings is 1. The molecule has 1 unspecified atom stereocenters. The Balaban J connectivity index is 1.52. The largest absolute Gasteiger partial charge is 0.381 e. The van der Waals surface area contributed by atoms with Gasteiger partial charge in [0.25, 0.3) is 0 Å². The van der Waals surface area contributed by atoms with Crippen LogP contribution in [0.3, 0.4) is 0 Å². The molecule has 6 nitrogen and oxygen atoms in total. The van der Waals surface area contributed by atoms with Gasteiger partial charge in [-0.05, 0) is 50.0 Å². The maximum Gasteiger partial charge on any atom is 0.239 e. The van der Waals surface area contributed by atoms with E-state index in [4.69, 9.17) is 10.5 Å². The SMILES string of the molecule is CCn1cc(C2CCN(C(=O)C(N)C3CCOCC3)CC2)cn1. The lowest BCUT2D eigenvalue weighted by Gasteiger charge is -2.35. The fourth-order valence-electron chi connectivity index (χ4n) is 3.68. The van der Waals surface area contributed by atoms with Crippen LogP contribution in [0.2, 0.25) is 0 Å². The Morgan fingerprint density at radius 2 is 2.04 bits per heavy atom. The summed E-state index contributed by atoms with van der Waals surface area (Å²) in [5.41, 5.74) is 7.53. The molecule has 3 rings (SSSR count). The van der Waals surface area contributed by atoms with E-state index < -0.39 is 0 Å². The van der Waals surface area contributed by atoms with E-state index in [1.807, 2.05) is 15.8 Å². The molecule has 1 atom stereocenters. The highest BCUT2D eigenvalue weighted by Crippen LogP contribution is 2.28. The molecule has 2 fully saturated rings. The Labute approximate surface area is 138 Å². The van der Waals surface area contributed by atoms with E-state index in [-0.39, 0.29) is 17.9 Å². The maximum absolute atomic E-state index is 12.6. The summed E-state index contributed by atoms with van der Waals surface area (Å²) in [6.45, 7) is 6.06.